The Morgan fingerprint density at radius 3 is 2.29 bits per heavy atom. The molecule has 31 heavy (non-hydrogen) atoms. The topological polar surface area (TPSA) is 38.7 Å². The summed E-state index contributed by atoms with van der Waals surface area (Å²) in [6.07, 6.45) is 1.51. The molecule has 0 spiro atoms. The molecule has 1 aliphatic heterocycles. The number of fused-ring (bicyclic) bond motifs is 3. The first kappa shape index (κ1) is 21.5. The zero-order valence-electron chi connectivity index (χ0n) is 19.1. The summed E-state index contributed by atoms with van der Waals surface area (Å²) >= 11 is 0. The highest BCUT2D eigenvalue weighted by Crippen LogP contribution is 2.67. The first-order chi connectivity index (χ1) is 15.0. The summed E-state index contributed by atoms with van der Waals surface area (Å²) in [6.45, 7) is 8.11. The maximum atomic E-state index is 12.3. The van der Waals surface area contributed by atoms with Gasteiger partial charge in [0, 0.05) is 17.5 Å². The molecule has 1 aliphatic carbocycles. The smallest absolute Gasteiger partial charge is 0.173 e. The Kier molecular flexibility index (Phi) is 5.57. The second kappa shape index (κ2) is 8.05. The molecular weight excluding hydrogens is 384 g/mol. The minimum Gasteiger partial charge on any atom is -0.497 e. The van der Waals surface area contributed by atoms with Crippen LogP contribution in [0.25, 0.3) is 0 Å². The van der Waals surface area contributed by atoms with Gasteiger partial charge in [0.05, 0.1) is 7.11 Å². The van der Waals surface area contributed by atoms with E-state index in [1.807, 2.05) is 39.0 Å². The van der Waals surface area contributed by atoms with Crippen LogP contribution in [0.15, 0.2) is 66.7 Å². The molecule has 0 radical (unpaired) electrons. The van der Waals surface area contributed by atoms with Gasteiger partial charge in [0.15, 0.2) is 5.60 Å². The zero-order valence-corrected chi connectivity index (χ0v) is 19.1. The molecule has 3 aromatic rings. The summed E-state index contributed by atoms with van der Waals surface area (Å²) in [5.74, 6) is 1.53. The van der Waals surface area contributed by atoms with E-state index in [1.54, 1.807) is 7.11 Å². The Morgan fingerprint density at radius 1 is 0.968 bits per heavy atom. The molecule has 1 N–H and O–H groups in total. The highest BCUT2D eigenvalue weighted by atomic mass is 16.5. The Morgan fingerprint density at radius 2 is 1.65 bits per heavy atom. The standard InChI is InChI=1S/C26H26O3.C2H6/c1-17-9-11-20(12-10-17)26-22(19-7-5-4-6-8-19)13-14-25(26,27)24-18(2)15-21(28-3)16-23(24)29-26;1-2/h4-12,15-16,22,27H,13-14H2,1-3H3;1-2H3/t22-,25?,26-;/m0./s1. The zero-order chi connectivity index (χ0) is 22.2. The van der Waals surface area contributed by atoms with Gasteiger partial charge < -0.3 is 14.6 Å². The molecule has 3 heteroatoms. The first-order valence-electron chi connectivity index (χ1n) is 11.2. The van der Waals surface area contributed by atoms with Crippen molar-refractivity contribution in [3.8, 4) is 11.5 Å². The lowest BCUT2D eigenvalue weighted by Crippen LogP contribution is -2.48. The normalized spacial score (nSPS) is 25.7. The van der Waals surface area contributed by atoms with E-state index < -0.39 is 11.2 Å². The SMILES string of the molecule is CC.COc1cc(C)c2c(c1)O[C@@]1(c3ccc(C)cc3)[C@H](c3ccccc3)CCC21O. The Bertz CT molecular complexity index is 1060. The predicted molar refractivity (Wildman–Crippen MR) is 125 cm³/mol. The van der Waals surface area contributed by atoms with Gasteiger partial charge in [-0.15, -0.1) is 0 Å². The quantitative estimate of drug-likeness (QED) is 0.537. The molecule has 0 aromatic heterocycles. The number of aryl methyl sites for hydroxylation is 2. The minimum atomic E-state index is -1.09. The second-order valence-corrected chi connectivity index (χ2v) is 8.38. The summed E-state index contributed by atoms with van der Waals surface area (Å²) in [7, 11) is 1.66. The first-order valence-corrected chi connectivity index (χ1v) is 11.2. The number of aliphatic hydroxyl groups is 1. The molecule has 0 bridgehead atoms. The fraction of sp³-hybridized carbons (Fsp3) is 0.357. The van der Waals surface area contributed by atoms with Crippen molar-refractivity contribution in [2.24, 2.45) is 0 Å². The average Bonchev–Trinajstić information content (AvgIpc) is 3.23. The molecule has 1 saturated carbocycles. The molecule has 1 heterocycles. The number of ether oxygens (including phenoxy) is 2. The number of methoxy groups -OCH3 is 1. The van der Waals surface area contributed by atoms with Crippen LogP contribution in [0.2, 0.25) is 0 Å². The van der Waals surface area contributed by atoms with Gasteiger partial charge >= 0.3 is 0 Å². The van der Waals surface area contributed by atoms with E-state index in [1.165, 1.54) is 11.1 Å². The summed E-state index contributed by atoms with van der Waals surface area (Å²) < 4.78 is 12.3. The van der Waals surface area contributed by atoms with Crippen molar-refractivity contribution < 1.29 is 14.6 Å². The molecule has 1 unspecified atom stereocenters. The van der Waals surface area contributed by atoms with E-state index in [0.29, 0.717) is 6.42 Å². The van der Waals surface area contributed by atoms with E-state index in [2.05, 4.69) is 55.5 Å². The molecule has 2 aliphatic rings. The average molecular weight is 417 g/mol. The minimum absolute atomic E-state index is 0.0502. The molecule has 0 saturated heterocycles. The van der Waals surface area contributed by atoms with Gasteiger partial charge in [0.1, 0.15) is 17.1 Å². The van der Waals surface area contributed by atoms with Crippen molar-refractivity contribution in [1.82, 2.24) is 0 Å². The monoisotopic (exact) mass is 416 g/mol. The summed E-state index contributed by atoms with van der Waals surface area (Å²) in [6, 6.07) is 22.8. The third-order valence-electron chi connectivity index (χ3n) is 6.78. The molecule has 5 rings (SSSR count). The highest BCUT2D eigenvalue weighted by Gasteiger charge is 2.68. The lowest BCUT2D eigenvalue weighted by Gasteiger charge is -2.40. The maximum Gasteiger partial charge on any atom is 0.173 e. The fourth-order valence-corrected chi connectivity index (χ4v) is 5.51. The van der Waals surface area contributed by atoms with E-state index >= 15 is 0 Å². The Hall–Kier alpha value is -2.78. The number of hydrogen-bond donors (Lipinski definition) is 1. The lowest BCUT2D eigenvalue weighted by molar-refractivity contribution is -0.106. The van der Waals surface area contributed by atoms with Gasteiger partial charge in [-0.25, -0.2) is 0 Å². The van der Waals surface area contributed by atoms with Crippen molar-refractivity contribution in [3.05, 3.63) is 94.5 Å². The molecular formula is C28H32O3. The Balaban J connectivity index is 0.00000112. The van der Waals surface area contributed by atoms with Crippen LogP contribution >= 0.6 is 0 Å². The van der Waals surface area contributed by atoms with E-state index in [-0.39, 0.29) is 5.92 Å². The predicted octanol–water partition coefficient (Wildman–Crippen LogP) is 6.39. The number of rotatable bonds is 3. The van der Waals surface area contributed by atoms with E-state index in [4.69, 9.17) is 9.47 Å². The van der Waals surface area contributed by atoms with Crippen LogP contribution < -0.4 is 9.47 Å². The van der Waals surface area contributed by atoms with Gasteiger partial charge in [0.25, 0.3) is 0 Å². The highest BCUT2D eigenvalue weighted by molar-refractivity contribution is 5.58. The van der Waals surface area contributed by atoms with Crippen LogP contribution in [0.4, 0.5) is 0 Å². The van der Waals surface area contributed by atoms with Crippen LogP contribution in [0.5, 0.6) is 11.5 Å². The molecule has 3 aromatic carbocycles. The van der Waals surface area contributed by atoms with Gasteiger partial charge in [-0.1, -0.05) is 74.0 Å². The number of benzene rings is 3. The van der Waals surface area contributed by atoms with Crippen molar-refractivity contribution in [1.29, 1.82) is 0 Å². The number of hydrogen-bond acceptors (Lipinski definition) is 3. The second-order valence-electron chi connectivity index (χ2n) is 8.38. The van der Waals surface area contributed by atoms with Crippen LogP contribution in [-0.2, 0) is 11.2 Å². The maximum absolute atomic E-state index is 12.3. The van der Waals surface area contributed by atoms with Gasteiger partial charge in [-0.05, 0) is 49.4 Å². The van der Waals surface area contributed by atoms with E-state index in [0.717, 1.165) is 34.6 Å². The fourth-order valence-electron chi connectivity index (χ4n) is 5.51. The summed E-state index contributed by atoms with van der Waals surface area (Å²) in [4.78, 5) is 0. The lowest BCUT2D eigenvalue weighted by atomic mass is 9.71. The van der Waals surface area contributed by atoms with Crippen molar-refractivity contribution >= 4 is 0 Å². The van der Waals surface area contributed by atoms with Crippen LogP contribution in [0.3, 0.4) is 0 Å². The van der Waals surface area contributed by atoms with Gasteiger partial charge in [0.2, 0.25) is 0 Å². The Labute approximate surface area is 185 Å². The molecule has 0 amide bonds. The molecule has 162 valence electrons. The van der Waals surface area contributed by atoms with Crippen LogP contribution in [0, 0.1) is 13.8 Å². The third-order valence-corrected chi connectivity index (χ3v) is 6.78. The van der Waals surface area contributed by atoms with Crippen LogP contribution in [0.1, 0.15) is 60.4 Å². The van der Waals surface area contributed by atoms with Crippen molar-refractivity contribution in [3.63, 3.8) is 0 Å². The van der Waals surface area contributed by atoms with Gasteiger partial charge in [-0.3, -0.25) is 0 Å². The largest absolute Gasteiger partial charge is 0.497 e. The van der Waals surface area contributed by atoms with E-state index in [9.17, 15) is 5.11 Å². The van der Waals surface area contributed by atoms with Crippen molar-refractivity contribution in [2.45, 2.75) is 57.7 Å². The van der Waals surface area contributed by atoms with Crippen LogP contribution in [-0.4, -0.2) is 12.2 Å². The molecule has 3 nitrogen and oxygen atoms in total. The molecule has 1 fully saturated rings. The summed E-state index contributed by atoms with van der Waals surface area (Å²) in [5.41, 5.74) is 3.36. The van der Waals surface area contributed by atoms with Crippen molar-refractivity contribution in [2.75, 3.05) is 7.11 Å². The summed E-state index contributed by atoms with van der Waals surface area (Å²) in [5, 5.41) is 12.3. The van der Waals surface area contributed by atoms with Gasteiger partial charge in [-0.2, -0.15) is 0 Å². The third kappa shape index (κ3) is 3.06. The molecule has 3 atom stereocenters.